The van der Waals surface area contributed by atoms with Crippen LogP contribution in [0.3, 0.4) is 0 Å². The standard InChI is InChI=1S/C19H20FN5O3.C14H15BrFN3O3.C9H6BrFN2O.C9H4BrFN2.C8H4BrFIN.C6H11BrO2.C5H7BN2O2.CH4N2O.H2O2/c1-10-22-7-11(8-23-10)12-5-6-13-15(16(12)20)17(18(21)27)24-25(13)9-14(26)28-19(2,3)4;1-14(2,3)22-9(20)6-19-8-5-4-7(15)11(16)10(8)12(18-19)13(17)21;10-5-2-1-4-3-13-8(9(12)14)6(4)7(5)11;1-12-9-7-5(4-13-9)2-3-6(10)8(7)11;9-5-2-1-4-3-12-8(11)6(4)7(5)10;1-6(2,3)9-5(8)4-7;1-4-7-2-5(3-8-4)6(9)10;2-1(3)4;1-2/h5-8H,9H2,1-4H3,(H2,21,27);4-5H,6H2,1-3H3,(H2,17,21);1-2H,3H2,(H2,12,14);2-3H,4H2;1-2H,3H2;4H2,1-3H3;2-3,9-10H,1H3;(H4,2,3,4);1-2H. The van der Waals surface area contributed by atoms with E-state index >= 15 is 4.39 Å². The van der Waals surface area contributed by atoms with Crippen LogP contribution in [0.5, 0.6) is 0 Å². The number of primary amides is 5. The van der Waals surface area contributed by atoms with Crippen LogP contribution >= 0.6 is 102 Å². The quantitative estimate of drug-likeness (QED) is 0.00707. The van der Waals surface area contributed by atoms with Crippen molar-refractivity contribution in [1.82, 2.24) is 39.5 Å². The van der Waals surface area contributed by atoms with Crippen LogP contribution in [0.4, 0.5) is 26.7 Å². The number of alkyl halides is 1. The molecule has 3 aliphatic heterocycles. The van der Waals surface area contributed by atoms with Crippen LogP contribution in [0, 0.1) is 49.5 Å². The lowest BCUT2D eigenvalue weighted by atomic mass is 9.83. The predicted molar refractivity (Wildman–Crippen MR) is 440 cm³/mol. The van der Waals surface area contributed by atoms with E-state index in [4.69, 9.17) is 63.3 Å². The maximum atomic E-state index is 15.3. The summed E-state index contributed by atoms with van der Waals surface area (Å²) >= 11 is 17.4. The van der Waals surface area contributed by atoms with Crippen molar-refractivity contribution in [3.05, 3.63) is 200 Å². The highest BCUT2D eigenvalue weighted by Gasteiger charge is 2.29. The van der Waals surface area contributed by atoms with E-state index in [9.17, 15) is 46.3 Å². The highest BCUT2D eigenvalue weighted by molar-refractivity contribution is 14.1. The van der Waals surface area contributed by atoms with E-state index < -0.39 is 71.5 Å². The number of aromatic nitrogens is 8. The number of nitrogens with zero attached hydrogens (tertiary/aromatic N) is 12. The Bertz CT molecular complexity index is 5210. The number of ether oxygens (including phenoxy) is 3. The Morgan fingerprint density at radius 1 is 0.526 bits per heavy atom. The molecule has 5 amide bonds. The molecule has 0 saturated heterocycles. The van der Waals surface area contributed by atoms with Gasteiger partial charge >= 0.3 is 31.1 Å². The number of hydrogen-bond acceptors (Lipinski definition) is 23. The number of benzene rings is 5. The van der Waals surface area contributed by atoms with Gasteiger partial charge in [0.1, 0.15) is 91.9 Å². The average molecular weight is 2020 g/mol. The third-order valence-electron chi connectivity index (χ3n) is 14.0. The van der Waals surface area contributed by atoms with Gasteiger partial charge in [-0.25, -0.2) is 46.7 Å². The molecule has 606 valence electrons. The van der Waals surface area contributed by atoms with Crippen LogP contribution in [-0.2, 0) is 66.1 Å². The van der Waals surface area contributed by atoms with Crippen LogP contribution in [-0.4, -0.2) is 146 Å². The van der Waals surface area contributed by atoms with Crippen LogP contribution in [0.1, 0.15) is 128 Å². The molecular weight excluding hydrogens is 1950 g/mol. The molecule has 0 aliphatic carbocycles. The second-order valence-electron chi connectivity index (χ2n) is 26.1. The minimum absolute atomic E-state index is 0.0227. The van der Waals surface area contributed by atoms with Crippen molar-refractivity contribution in [3.8, 4) is 11.1 Å². The van der Waals surface area contributed by atoms with Crippen molar-refractivity contribution >= 4 is 194 Å². The summed E-state index contributed by atoms with van der Waals surface area (Å²) in [6, 6.07) is 15.6. The van der Waals surface area contributed by atoms with E-state index in [1.807, 2.05) is 26.8 Å². The smallest absolute Gasteiger partial charge is 0.459 e. The molecule has 114 heavy (non-hydrogen) atoms. The SMILES string of the molecule is CC(C)(C)OC(=O)CBr.CC(C)(C)OC(=O)Cn1nc(C(N)=O)c2c(F)c(Br)ccc21.Cc1ncc(-c2ccc3c(c(C(N)=O)nn3CC(=O)OC(C)(C)C)c2F)cn1.Cc1ncc(B(O)O)cn1.Fc1c(Br)ccc2c1C(I)=NC2.NC(=O)C1=NCc2ccc(Br)c(F)c21.NC(N)=O.OO.[C-]#[N+]C1=NCc2ccc(Br)c(F)c21. The maximum Gasteiger partial charge on any atom is 0.491 e. The summed E-state index contributed by atoms with van der Waals surface area (Å²) < 4.78 is 89.9. The van der Waals surface area contributed by atoms with E-state index in [1.54, 1.807) is 97.9 Å². The van der Waals surface area contributed by atoms with Gasteiger partial charge in [-0.1, -0.05) is 40.7 Å². The average Bonchev–Trinajstić information content (AvgIpc) is 1.64. The highest BCUT2D eigenvalue weighted by atomic mass is 127. The number of urea groups is 1. The van der Waals surface area contributed by atoms with Crippen LogP contribution in [0.2, 0.25) is 0 Å². The Kier molecular flexibility index (Phi) is 36.8. The number of aryl methyl sites for hydroxylation is 2. The molecule has 3 aliphatic rings. The minimum atomic E-state index is -1.47. The number of carbonyl (C=O) groups is 7. The molecule has 0 bridgehead atoms. The van der Waals surface area contributed by atoms with Gasteiger partial charge < -0.3 is 57.8 Å². The summed E-state index contributed by atoms with van der Waals surface area (Å²) in [7, 11) is -1.47. The van der Waals surface area contributed by atoms with Gasteiger partial charge in [0.15, 0.2) is 11.4 Å². The third-order valence-corrected chi connectivity index (χ3v) is 17.8. The van der Waals surface area contributed by atoms with Gasteiger partial charge in [0.05, 0.1) is 52.8 Å². The van der Waals surface area contributed by atoms with Gasteiger partial charge in [-0.05, 0) is 222 Å². The zero-order valence-electron chi connectivity index (χ0n) is 62.2. The Labute approximate surface area is 703 Å². The first-order valence-electron chi connectivity index (χ1n) is 32.5. The Morgan fingerprint density at radius 2 is 0.886 bits per heavy atom. The van der Waals surface area contributed by atoms with Crippen LogP contribution in [0.15, 0.2) is 118 Å². The van der Waals surface area contributed by atoms with E-state index in [1.165, 1.54) is 46.3 Å². The molecule has 0 unspecified atom stereocenters. The molecule has 12 rings (SSSR count). The first-order chi connectivity index (χ1) is 53.1. The van der Waals surface area contributed by atoms with E-state index in [-0.39, 0.29) is 96.4 Å². The molecule has 0 saturated carbocycles. The first kappa shape index (κ1) is 96.8. The van der Waals surface area contributed by atoms with Gasteiger partial charge in [0, 0.05) is 58.1 Å². The molecule has 31 nitrogen and oxygen atoms in total. The van der Waals surface area contributed by atoms with Crippen molar-refractivity contribution in [3.63, 3.8) is 0 Å². The molecule has 0 radical (unpaired) electrons. The number of amides is 5. The van der Waals surface area contributed by atoms with Crippen LogP contribution < -0.4 is 34.1 Å². The van der Waals surface area contributed by atoms with Gasteiger partial charge in [-0.15, -0.1) is 0 Å². The summed E-state index contributed by atoms with van der Waals surface area (Å²) in [5.74, 6) is -4.85. The first-order valence-corrected chi connectivity index (χ1v) is 37.9. The summed E-state index contributed by atoms with van der Waals surface area (Å²) in [4.78, 5) is 109. The molecule has 0 atom stereocenters. The van der Waals surface area contributed by atoms with E-state index in [0.717, 1.165) is 14.8 Å². The van der Waals surface area contributed by atoms with Crippen molar-refractivity contribution in [2.45, 2.75) is 126 Å². The molecule has 4 aromatic heterocycles. The van der Waals surface area contributed by atoms with Gasteiger partial charge in [-0.2, -0.15) is 15.2 Å². The number of amidine groups is 1. The molecule has 14 N–H and O–H groups in total. The molecule has 5 aromatic carbocycles. The second-order valence-corrected chi connectivity index (χ2v) is 31.1. The highest BCUT2D eigenvalue weighted by Crippen LogP contribution is 2.34. The predicted octanol–water partition coefficient (Wildman–Crippen LogP) is 11.4. The molecule has 0 spiro atoms. The normalized spacial score (nSPS) is 11.8. The number of esters is 3. The van der Waals surface area contributed by atoms with Gasteiger partial charge in [0.2, 0.25) is 0 Å². The van der Waals surface area contributed by atoms with Crippen molar-refractivity contribution in [2.24, 2.45) is 43.6 Å². The molecule has 7 heterocycles. The molecule has 0 fully saturated rings. The summed E-state index contributed by atoms with van der Waals surface area (Å²) in [5, 5.41) is 37.3. The van der Waals surface area contributed by atoms with Crippen molar-refractivity contribution < 1.29 is 90.3 Å². The number of fused-ring (bicyclic) bond motifs is 5. The fraction of sp³-hybridized carbons (Fsp3) is 0.282. The number of carbonyl (C=O) groups excluding carboxylic acids is 7. The number of rotatable bonds is 10. The number of halogens is 11. The molecule has 43 heteroatoms. The fourth-order valence-corrected chi connectivity index (χ4v) is 11.8. The van der Waals surface area contributed by atoms with Crippen molar-refractivity contribution in [1.29, 1.82) is 0 Å². The topological polar surface area (TPSA) is 487 Å². The molecule has 9 aromatic rings. The Balaban J connectivity index is 0.000000286. The molecular formula is C71H73BBr5F5IN17O14. The monoisotopic (exact) mass is 2020 g/mol. The summed E-state index contributed by atoms with van der Waals surface area (Å²) in [6.07, 6.45) is 5.74. The number of hydrogen-bond donors (Lipinski definition) is 9. The second kappa shape index (κ2) is 43.3. The lowest BCUT2D eigenvalue weighted by Gasteiger charge is -2.19. The number of aliphatic imine (C=N–C) groups is 3. The Hall–Kier alpha value is -9.53. The van der Waals surface area contributed by atoms with Gasteiger partial charge in [-0.3, -0.25) is 58.6 Å². The van der Waals surface area contributed by atoms with Crippen molar-refractivity contribution in [2.75, 3.05) is 5.33 Å². The zero-order chi connectivity index (χ0) is 86.4. The largest absolute Gasteiger partial charge is 0.491 e. The van der Waals surface area contributed by atoms with E-state index in [0.29, 0.717) is 77.9 Å². The summed E-state index contributed by atoms with van der Waals surface area (Å²) in [6.45, 7) is 27.0. The minimum Gasteiger partial charge on any atom is -0.459 e. The fourth-order valence-electron chi connectivity index (χ4n) is 9.57. The number of nitrogens with two attached hydrogens (primary N) is 5. The zero-order valence-corrected chi connectivity index (χ0v) is 72.3. The van der Waals surface area contributed by atoms with Crippen LogP contribution in [0.25, 0.3) is 37.8 Å². The maximum absolute atomic E-state index is 15.3. The lowest BCUT2D eigenvalue weighted by Crippen LogP contribution is -2.30. The summed E-state index contributed by atoms with van der Waals surface area (Å²) in [5.41, 5.74) is 27.2. The third kappa shape index (κ3) is 28.2. The lowest BCUT2D eigenvalue weighted by molar-refractivity contribution is -0.176. The van der Waals surface area contributed by atoms with Gasteiger partial charge in [0.25, 0.3) is 23.6 Å². The Morgan fingerprint density at radius 3 is 1.29 bits per heavy atom. The van der Waals surface area contributed by atoms with E-state index in [2.05, 4.69) is 164 Å².